The van der Waals surface area contributed by atoms with Crippen molar-refractivity contribution in [1.82, 2.24) is 9.29 Å². The molecule has 0 aliphatic heterocycles. The average molecular weight is 334 g/mol. The largest absolute Gasteiger partial charge is 0.480 e. The Bertz CT molecular complexity index is 773. The first-order chi connectivity index (χ1) is 10.8. The van der Waals surface area contributed by atoms with Crippen LogP contribution in [0.15, 0.2) is 53.6 Å². The van der Waals surface area contributed by atoms with Crippen molar-refractivity contribution >= 4 is 16.0 Å². The molecule has 6 nitrogen and oxygen atoms in total. The fourth-order valence-corrected chi connectivity index (χ4v) is 3.44. The summed E-state index contributed by atoms with van der Waals surface area (Å²) in [7, 11) is -2.62. The van der Waals surface area contributed by atoms with Crippen molar-refractivity contribution in [2.24, 2.45) is 0 Å². The van der Waals surface area contributed by atoms with Crippen molar-refractivity contribution in [2.75, 3.05) is 7.05 Å². The van der Waals surface area contributed by atoms with E-state index in [1.807, 2.05) is 6.92 Å². The van der Waals surface area contributed by atoms with Gasteiger partial charge < -0.3 is 5.11 Å². The second kappa shape index (κ2) is 6.89. The Morgan fingerprint density at radius 3 is 2.39 bits per heavy atom. The number of carbonyl (C=O) groups is 1. The van der Waals surface area contributed by atoms with E-state index < -0.39 is 22.0 Å². The number of hydrogen-bond donors (Lipinski definition) is 1. The summed E-state index contributed by atoms with van der Waals surface area (Å²) in [6, 6.07) is 10.2. The van der Waals surface area contributed by atoms with Crippen LogP contribution in [-0.2, 0) is 21.2 Å². The molecular weight excluding hydrogens is 316 g/mol. The van der Waals surface area contributed by atoms with E-state index in [0.717, 1.165) is 9.87 Å². The maximum atomic E-state index is 12.6. The highest BCUT2D eigenvalue weighted by atomic mass is 32.2. The molecule has 1 N–H and O–H groups in total. The number of nitrogens with zero attached hydrogens (tertiary/aromatic N) is 2. The van der Waals surface area contributed by atoms with Gasteiger partial charge in [0.2, 0.25) is 10.0 Å². The zero-order chi connectivity index (χ0) is 17.0. The summed E-state index contributed by atoms with van der Waals surface area (Å²) in [5.41, 5.74) is 1.45. The number of carboxylic acids is 1. The molecule has 0 aliphatic rings. The first kappa shape index (κ1) is 17.1. The summed E-state index contributed by atoms with van der Waals surface area (Å²) in [4.78, 5) is 15.7. The molecule has 0 unspecified atom stereocenters. The molecule has 1 heterocycles. The van der Waals surface area contributed by atoms with Crippen LogP contribution in [0.2, 0.25) is 0 Å². The summed E-state index contributed by atoms with van der Waals surface area (Å²) in [6.45, 7) is 1.85. The lowest BCUT2D eigenvalue weighted by Crippen LogP contribution is -2.43. The molecule has 0 saturated carbocycles. The Hall–Kier alpha value is -2.25. The Morgan fingerprint density at radius 1 is 1.22 bits per heavy atom. The van der Waals surface area contributed by atoms with Crippen molar-refractivity contribution < 1.29 is 18.3 Å². The Kier molecular flexibility index (Phi) is 5.12. The maximum absolute atomic E-state index is 12.6. The van der Waals surface area contributed by atoms with Crippen LogP contribution < -0.4 is 0 Å². The first-order valence-corrected chi connectivity index (χ1v) is 8.44. The second-order valence-electron chi connectivity index (χ2n) is 5.21. The molecule has 122 valence electrons. The maximum Gasteiger partial charge on any atom is 0.322 e. The van der Waals surface area contributed by atoms with E-state index in [1.54, 1.807) is 36.5 Å². The molecule has 0 amide bonds. The van der Waals surface area contributed by atoms with E-state index in [0.29, 0.717) is 5.69 Å². The van der Waals surface area contributed by atoms with Crippen LogP contribution in [0, 0.1) is 6.92 Å². The summed E-state index contributed by atoms with van der Waals surface area (Å²) in [6.07, 6.45) is 1.54. The molecule has 1 atom stereocenters. The number of carboxylic acid groups (broad SMARTS) is 1. The van der Waals surface area contributed by atoms with Gasteiger partial charge in [-0.1, -0.05) is 23.8 Å². The molecule has 7 heteroatoms. The highest BCUT2D eigenvalue weighted by Crippen LogP contribution is 2.19. The average Bonchev–Trinajstić information content (AvgIpc) is 2.53. The van der Waals surface area contributed by atoms with E-state index in [1.165, 1.54) is 19.2 Å². The van der Waals surface area contributed by atoms with Crippen molar-refractivity contribution in [3.8, 4) is 0 Å². The molecule has 0 spiro atoms. The highest BCUT2D eigenvalue weighted by molar-refractivity contribution is 7.89. The number of aryl methyl sites for hydroxylation is 1. The van der Waals surface area contributed by atoms with Gasteiger partial charge in [-0.05, 0) is 31.2 Å². The van der Waals surface area contributed by atoms with Gasteiger partial charge >= 0.3 is 5.97 Å². The van der Waals surface area contributed by atoms with Crippen molar-refractivity contribution in [3.05, 3.63) is 59.9 Å². The monoisotopic (exact) mass is 334 g/mol. The topological polar surface area (TPSA) is 87.6 Å². The van der Waals surface area contributed by atoms with Crippen LogP contribution in [0.5, 0.6) is 0 Å². The third-order valence-electron chi connectivity index (χ3n) is 3.55. The van der Waals surface area contributed by atoms with Crippen LogP contribution in [0.25, 0.3) is 0 Å². The molecule has 0 fully saturated rings. The smallest absolute Gasteiger partial charge is 0.322 e. The van der Waals surface area contributed by atoms with Crippen LogP contribution in [0.3, 0.4) is 0 Å². The summed E-state index contributed by atoms with van der Waals surface area (Å²) in [5, 5.41) is 9.43. The van der Waals surface area contributed by atoms with Crippen molar-refractivity contribution in [3.63, 3.8) is 0 Å². The van der Waals surface area contributed by atoms with Crippen LogP contribution in [0.1, 0.15) is 11.3 Å². The summed E-state index contributed by atoms with van der Waals surface area (Å²) < 4.78 is 26.1. The van der Waals surface area contributed by atoms with Crippen LogP contribution >= 0.6 is 0 Å². The van der Waals surface area contributed by atoms with Gasteiger partial charge in [-0.2, -0.15) is 4.31 Å². The lowest BCUT2D eigenvalue weighted by molar-refractivity contribution is -0.141. The number of benzene rings is 1. The molecule has 1 aromatic carbocycles. The number of aliphatic carboxylic acids is 1. The summed E-state index contributed by atoms with van der Waals surface area (Å²) >= 11 is 0. The molecule has 2 aromatic rings. The lowest BCUT2D eigenvalue weighted by Gasteiger charge is -2.24. The third kappa shape index (κ3) is 3.94. The fourth-order valence-electron chi connectivity index (χ4n) is 2.13. The van der Waals surface area contributed by atoms with Gasteiger partial charge in [0.25, 0.3) is 0 Å². The second-order valence-corrected chi connectivity index (χ2v) is 7.21. The van der Waals surface area contributed by atoms with Gasteiger partial charge in [0.15, 0.2) is 0 Å². The number of sulfonamides is 1. The SMILES string of the molecule is Cc1ccc(S(=O)(=O)N(C)[C@@H](Cc2ccccn2)C(=O)O)cc1. The van der Waals surface area contributed by atoms with E-state index in [9.17, 15) is 18.3 Å². The number of likely N-dealkylation sites (N-methyl/N-ethyl adjacent to an activating group) is 1. The zero-order valence-electron chi connectivity index (χ0n) is 12.9. The molecule has 0 bridgehead atoms. The molecule has 23 heavy (non-hydrogen) atoms. The molecule has 1 aromatic heterocycles. The van der Waals surface area contributed by atoms with Crippen molar-refractivity contribution in [1.29, 1.82) is 0 Å². The lowest BCUT2D eigenvalue weighted by atomic mass is 10.1. The van der Waals surface area contributed by atoms with Crippen molar-refractivity contribution in [2.45, 2.75) is 24.3 Å². The fraction of sp³-hybridized carbons (Fsp3) is 0.250. The van der Waals surface area contributed by atoms with E-state index in [-0.39, 0.29) is 11.3 Å². The molecular formula is C16H18N2O4S. The number of pyridine rings is 1. The molecule has 0 aliphatic carbocycles. The minimum Gasteiger partial charge on any atom is -0.480 e. The molecule has 2 rings (SSSR count). The van der Waals surface area contributed by atoms with Crippen LogP contribution in [-0.4, -0.2) is 41.9 Å². The zero-order valence-corrected chi connectivity index (χ0v) is 13.7. The van der Waals surface area contributed by atoms with E-state index >= 15 is 0 Å². The Labute approximate surface area is 135 Å². The van der Waals surface area contributed by atoms with E-state index in [2.05, 4.69) is 4.98 Å². The van der Waals surface area contributed by atoms with E-state index in [4.69, 9.17) is 0 Å². The Balaban J connectivity index is 2.31. The predicted octanol–water partition coefficient (Wildman–Crippen LogP) is 1.71. The standard InChI is InChI=1S/C16H18N2O4S/c1-12-6-8-14(9-7-12)23(21,22)18(2)15(16(19)20)11-13-5-3-4-10-17-13/h3-10,15H,11H2,1-2H3,(H,19,20)/t15-/m0/s1. The number of rotatable bonds is 6. The summed E-state index contributed by atoms with van der Waals surface area (Å²) in [5.74, 6) is -1.21. The van der Waals surface area contributed by atoms with Gasteiger partial charge in [-0.3, -0.25) is 9.78 Å². The Morgan fingerprint density at radius 2 is 1.87 bits per heavy atom. The highest BCUT2D eigenvalue weighted by Gasteiger charge is 2.33. The molecule has 0 radical (unpaired) electrons. The normalized spacial score (nSPS) is 13.0. The minimum atomic E-state index is -3.90. The van der Waals surface area contributed by atoms with Gasteiger partial charge in [0, 0.05) is 25.4 Å². The quantitative estimate of drug-likeness (QED) is 0.869. The number of aromatic nitrogens is 1. The third-order valence-corrected chi connectivity index (χ3v) is 5.43. The number of hydrogen-bond acceptors (Lipinski definition) is 4. The van der Waals surface area contributed by atoms with Gasteiger partial charge in [-0.15, -0.1) is 0 Å². The predicted molar refractivity (Wildman–Crippen MR) is 85.5 cm³/mol. The van der Waals surface area contributed by atoms with Gasteiger partial charge in [0.05, 0.1) is 4.90 Å². The first-order valence-electron chi connectivity index (χ1n) is 7.00. The van der Waals surface area contributed by atoms with Gasteiger partial charge in [0.1, 0.15) is 6.04 Å². The molecule has 0 saturated heterocycles. The van der Waals surface area contributed by atoms with Crippen LogP contribution in [0.4, 0.5) is 0 Å². The van der Waals surface area contributed by atoms with Gasteiger partial charge in [-0.25, -0.2) is 8.42 Å². The minimum absolute atomic E-state index is 0.00222.